The number of aryl methyl sites for hydroxylation is 1. The van der Waals surface area contributed by atoms with E-state index in [1.807, 2.05) is 60.1 Å². The first-order valence-electron chi connectivity index (χ1n) is 9.16. The topological polar surface area (TPSA) is 59.8 Å². The first-order chi connectivity index (χ1) is 13.0. The molecule has 0 saturated heterocycles. The van der Waals surface area contributed by atoms with Crippen molar-refractivity contribution in [3.05, 3.63) is 65.7 Å². The molecule has 5 heteroatoms. The molecule has 1 N–H and O–H groups in total. The number of carbonyl (C=O) groups is 1. The summed E-state index contributed by atoms with van der Waals surface area (Å²) in [6, 6.07) is 17.6. The SMILES string of the molecule is Cc1ccccc1C(=O)Nc1nn(CC(C)C)c2nc3ccccc3cc12. The summed E-state index contributed by atoms with van der Waals surface area (Å²) in [4.78, 5) is 17.6. The maximum Gasteiger partial charge on any atom is 0.257 e. The maximum absolute atomic E-state index is 12.8. The predicted octanol–water partition coefficient (Wildman–Crippen LogP) is 4.80. The minimum Gasteiger partial charge on any atom is -0.304 e. The van der Waals surface area contributed by atoms with Crippen molar-refractivity contribution in [2.24, 2.45) is 5.92 Å². The molecular weight excluding hydrogens is 336 g/mol. The Bertz CT molecular complexity index is 1140. The lowest BCUT2D eigenvalue weighted by atomic mass is 10.1. The first kappa shape index (κ1) is 17.2. The highest BCUT2D eigenvalue weighted by atomic mass is 16.1. The average Bonchev–Trinajstić information content (AvgIpc) is 2.96. The van der Waals surface area contributed by atoms with E-state index in [4.69, 9.17) is 4.98 Å². The Morgan fingerprint density at radius 1 is 1.11 bits per heavy atom. The van der Waals surface area contributed by atoms with E-state index >= 15 is 0 Å². The van der Waals surface area contributed by atoms with Gasteiger partial charge in [-0.05, 0) is 36.6 Å². The summed E-state index contributed by atoms with van der Waals surface area (Å²) in [5.41, 5.74) is 3.30. The molecule has 5 nitrogen and oxygen atoms in total. The minimum atomic E-state index is -0.155. The molecule has 1 amide bonds. The minimum absolute atomic E-state index is 0.155. The first-order valence-corrected chi connectivity index (χ1v) is 9.16. The van der Waals surface area contributed by atoms with Crippen LogP contribution in [0.4, 0.5) is 5.82 Å². The quantitative estimate of drug-likeness (QED) is 0.570. The van der Waals surface area contributed by atoms with Crippen LogP contribution in [0.25, 0.3) is 21.9 Å². The average molecular weight is 358 g/mol. The third-order valence-electron chi connectivity index (χ3n) is 4.58. The van der Waals surface area contributed by atoms with Crippen molar-refractivity contribution in [2.75, 3.05) is 5.32 Å². The zero-order valence-corrected chi connectivity index (χ0v) is 15.7. The van der Waals surface area contributed by atoms with Crippen molar-refractivity contribution >= 4 is 33.7 Å². The molecule has 0 radical (unpaired) electrons. The van der Waals surface area contributed by atoms with Crippen LogP contribution >= 0.6 is 0 Å². The number of amides is 1. The number of fused-ring (bicyclic) bond motifs is 2. The fourth-order valence-corrected chi connectivity index (χ4v) is 3.27. The molecule has 4 rings (SSSR count). The van der Waals surface area contributed by atoms with E-state index in [1.165, 1.54) is 0 Å². The van der Waals surface area contributed by atoms with Crippen LogP contribution < -0.4 is 5.32 Å². The standard InChI is InChI=1S/C22H22N4O/c1-14(2)13-26-21-18(12-16-9-5-7-11-19(16)23-21)20(25-26)24-22(27)17-10-6-4-8-15(17)3/h4-12,14H,13H2,1-3H3,(H,24,25,27). The van der Waals surface area contributed by atoms with Crippen LogP contribution in [0.1, 0.15) is 29.8 Å². The summed E-state index contributed by atoms with van der Waals surface area (Å²) < 4.78 is 1.89. The van der Waals surface area contributed by atoms with E-state index in [0.29, 0.717) is 17.3 Å². The number of nitrogens with zero attached hydrogens (tertiary/aromatic N) is 3. The number of benzene rings is 2. The largest absolute Gasteiger partial charge is 0.304 e. The molecule has 0 aliphatic carbocycles. The second kappa shape index (κ2) is 6.83. The molecule has 0 spiro atoms. The molecular formula is C22H22N4O. The number of nitrogens with one attached hydrogen (secondary N) is 1. The molecule has 136 valence electrons. The van der Waals surface area contributed by atoms with E-state index in [1.54, 1.807) is 0 Å². The van der Waals surface area contributed by atoms with Crippen LogP contribution in [0, 0.1) is 12.8 Å². The summed E-state index contributed by atoms with van der Waals surface area (Å²) in [5.74, 6) is 0.816. The van der Waals surface area contributed by atoms with E-state index in [2.05, 4.69) is 30.3 Å². The van der Waals surface area contributed by atoms with Gasteiger partial charge in [0.15, 0.2) is 11.5 Å². The zero-order valence-electron chi connectivity index (χ0n) is 15.7. The van der Waals surface area contributed by atoms with Crippen LogP contribution in [-0.2, 0) is 6.54 Å². The van der Waals surface area contributed by atoms with E-state index < -0.39 is 0 Å². The number of para-hydroxylation sites is 1. The fraction of sp³-hybridized carbons (Fsp3) is 0.227. The van der Waals surface area contributed by atoms with Gasteiger partial charge in [0.05, 0.1) is 10.9 Å². The Labute approximate surface area is 158 Å². The molecule has 2 aromatic heterocycles. The van der Waals surface area contributed by atoms with Crippen molar-refractivity contribution in [2.45, 2.75) is 27.3 Å². The van der Waals surface area contributed by atoms with E-state index in [0.717, 1.165) is 34.0 Å². The normalized spacial score (nSPS) is 11.4. The van der Waals surface area contributed by atoms with Gasteiger partial charge in [-0.15, -0.1) is 0 Å². The van der Waals surface area contributed by atoms with Gasteiger partial charge in [0.2, 0.25) is 0 Å². The lowest BCUT2D eigenvalue weighted by molar-refractivity contribution is 0.102. The Morgan fingerprint density at radius 3 is 2.63 bits per heavy atom. The highest BCUT2D eigenvalue weighted by molar-refractivity contribution is 6.09. The van der Waals surface area contributed by atoms with Crippen LogP contribution in [0.2, 0.25) is 0 Å². The van der Waals surface area contributed by atoms with Crippen molar-refractivity contribution < 1.29 is 4.79 Å². The third-order valence-corrected chi connectivity index (χ3v) is 4.58. The van der Waals surface area contributed by atoms with Gasteiger partial charge in [0, 0.05) is 17.5 Å². The summed E-state index contributed by atoms with van der Waals surface area (Å²) in [7, 11) is 0. The number of rotatable bonds is 4. The smallest absolute Gasteiger partial charge is 0.257 e. The third kappa shape index (κ3) is 3.28. The molecule has 0 aliphatic heterocycles. The Hall–Kier alpha value is -3.21. The van der Waals surface area contributed by atoms with E-state index in [-0.39, 0.29) is 5.91 Å². The van der Waals surface area contributed by atoms with Crippen LogP contribution in [0.5, 0.6) is 0 Å². The van der Waals surface area contributed by atoms with Gasteiger partial charge >= 0.3 is 0 Å². The monoisotopic (exact) mass is 358 g/mol. The van der Waals surface area contributed by atoms with Gasteiger partial charge in [-0.1, -0.05) is 50.2 Å². The number of hydrogen-bond acceptors (Lipinski definition) is 3. The molecule has 2 heterocycles. The highest BCUT2D eigenvalue weighted by Crippen LogP contribution is 2.27. The maximum atomic E-state index is 12.8. The van der Waals surface area contributed by atoms with Crippen LogP contribution in [-0.4, -0.2) is 20.7 Å². The van der Waals surface area contributed by atoms with Crippen molar-refractivity contribution in [1.82, 2.24) is 14.8 Å². The molecule has 0 bridgehead atoms. The molecule has 2 aromatic carbocycles. The molecule has 0 unspecified atom stereocenters. The number of aromatic nitrogens is 3. The van der Waals surface area contributed by atoms with Crippen molar-refractivity contribution in [1.29, 1.82) is 0 Å². The Balaban J connectivity index is 1.83. The van der Waals surface area contributed by atoms with Crippen molar-refractivity contribution in [3.63, 3.8) is 0 Å². The summed E-state index contributed by atoms with van der Waals surface area (Å²) in [6.07, 6.45) is 0. The molecule has 0 fully saturated rings. The molecule has 0 aliphatic rings. The second-order valence-electron chi connectivity index (χ2n) is 7.25. The Kier molecular flexibility index (Phi) is 4.36. The zero-order chi connectivity index (χ0) is 19.0. The van der Waals surface area contributed by atoms with Gasteiger partial charge in [-0.25, -0.2) is 9.67 Å². The summed E-state index contributed by atoms with van der Waals surface area (Å²) >= 11 is 0. The summed E-state index contributed by atoms with van der Waals surface area (Å²) in [5, 5.41) is 9.55. The fourth-order valence-electron chi connectivity index (χ4n) is 3.27. The van der Waals surface area contributed by atoms with E-state index in [9.17, 15) is 4.79 Å². The van der Waals surface area contributed by atoms with Crippen molar-refractivity contribution in [3.8, 4) is 0 Å². The summed E-state index contributed by atoms with van der Waals surface area (Å²) in [6.45, 7) is 6.95. The highest BCUT2D eigenvalue weighted by Gasteiger charge is 2.17. The van der Waals surface area contributed by atoms with Gasteiger partial charge in [0.25, 0.3) is 5.91 Å². The number of pyridine rings is 1. The Morgan fingerprint density at radius 2 is 1.85 bits per heavy atom. The molecule has 27 heavy (non-hydrogen) atoms. The number of anilines is 1. The lowest BCUT2D eigenvalue weighted by Gasteiger charge is -2.06. The van der Waals surface area contributed by atoms with Gasteiger partial charge in [-0.2, -0.15) is 5.10 Å². The van der Waals surface area contributed by atoms with Crippen LogP contribution in [0.3, 0.4) is 0 Å². The number of hydrogen-bond donors (Lipinski definition) is 1. The van der Waals surface area contributed by atoms with Gasteiger partial charge in [0.1, 0.15) is 0 Å². The predicted molar refractivity (Wildman–Crippen MR) is 109 cm³/mol. The van der Waals surface area contributed by atoms with Gasteiger partial charge < -0.3 is 5.32 Å². The molecule has 4 aromatic rings. The molecule has 0 atom stereocenters. The number of carbonyl (C=O) groups excluding carboxylic acids is 1. The lowest BCUT2D eigenvalue weighted by Crippen LogP contribution is -2.14. The molecule has 0 saturated carbocycles. The van der Waals surface area contributed by atoms with Gasteiger partial charge in [-0.3, -0.25) is 4.79 Å². The second-order valence-corrected chi connectivity index (χ2v) is 7.25. The van der Waals surface area contributed by atoms with Crippen LogP contribution in [0.15, 0.2) is 54.6 Å².